The molecule has 3 heterocycles. The molecular weight excluding hydrogens is 354 g/mol. The van der Waals surface area contributed by atoms with Gasteiger partial charge in [-0.2, -0.15) is 0 Å². The van der Waals surface area contributed by atoms with Gasteiger partial charge in [0.25, 0.3) is 11.8 Å². The zero-order chi connectivity index (χ0) is 19.7. The summed E-state index contributed by atoms with van der Waals surface area (Å²) in [4.78, 5) is 34.1. The fourth-order valence-electron chi connectivity index (χ4n) is 3.79. The molecule has 0 spiro atoms. The van der Waals surface area contributed by atoms with Crippen LogP contribution in [-0.2, 0) is 20.9 Å². The number of carbonyl (C=O) groups is 2. The molecule has 4 rings (SSSR count). The van der Waals surface area contributed by atoms with Crippen molar-refractivity contribution in [3.8, 4) is 0 Å². The third kappa shape index (κ3) is 3.31. The molecule has 0 radical (unpaired) electrons. The van der Waals surface area contributed by atoms with Crippen LogP contribution in [0.15, 0.2) is 48.4 Å². The van der Waals surface area contributed by atoms with Gasteiger partial charge in [-0.3, -0.25) is 19.5 Å². The number of amides is 2. The van der Waals surface area contributed by atoms with Gasteiger partial charge in [-0.05, 0) is 42.7 Å². The highest BCUT2D eigenvalue weighted by Crippen LogP contribution is 2.34. The first-order valence-corrected chi connectivity index (χ1v) is 9.46. The minimum atomic E-state index is -0.241. The number of pyridine rings is 1. The minimum Gasteiger partial charge on any atom is -0.378 e. The normalized spacial score (nSPS) is 17.6. The van der Waals surface area contributed by atoms with Gasteiger partial charge in [0.15, 0.2) is 0 Å². The van der Waals surface area contributed by atoms with Gasteiger partial charge in [0.05, 0.1) is 25.3 Å². The number of nitrogens with zero attached hydrogens (tertiary/aromatic N) is 3. The van der Waals surface area contributed by atoms with Crippen LogP contribution in [0.3, 0.4) is 0 Å². The Morgan fingerprint density at radius 2 is 1.71 bits per heavy atom. The van der Waals surface area contributed by atoms with Gasteiger partial charge in [0, 0.05) is 25.5 Å². The van der Waals surface area contributed by atoms with Crippen molar-refractivity contribution in [1.82, 2.24) is 14.8 Å². The second-order valence-corrected chi connectivity index (χ2v) is 7.19. The number of aryl methyl sites for hydroxylation is 2. The van der Waals surface area contributed by atoms with Gasteiger partial charge < -0.3 is 9.64 Å². The monoisotopic (exact) mass is 377 g/mol. The second-order valence-electron chi connectivity index (χ2n) is 7.19. The Kier molecular flexibility index (Phi) is 4.96. The number of rotatable bonds is 4. The first-order valence-electron chi connectivity index (χ1n) is 9.46. The summed E-state index contributed by atoms with van der Waals surface area (Å²) in [5.41, 5.74) is 4.81. The molecule has 0 saturated carbocycles. The summed E-state index contributed by atoms with van der Waals surface area (Å²) >= 11 is 0. The molecule has 2 aromatic rings. The number of carbonyl (C=O) groups excluding carboxylic acids is 2. The second kappa shape index (κ2) is 7.56. The van der Waals surface area contributed by atoms with Crippen molar-refractivity contribution >= 4 is 17.4 Å². The third-order valence-corrected chi connectivity index (χ3v) is 5.21. The average Bonchev–Trinajstić information content (AvgIpc) is 2.94. The van der Waals surface area contributed by atoms with Crippen molar-refractivity contribution in [3.63, 3.8) is 0 Å². The number of hydrogen-bond acceptors (Lipinski definition) is 5. The number of hydrogen-bond donors (Lipinski definition) is 0. The number of ether oxygens (including phenoxy) is 1. The standard InChI is InChI=1S/C22H23N3O3/c1-15-3-4-18(16(2)13-15)19-20(24-9-11-28-12-10-24)22(27)25(21(19)26)14-17-5-7-23-8-6-17/h3-8,13H,9-12,14H2,1-2H3. The molecule has 0 aliphatic carbocycles. The van der Waals surface area contributed by atoms with E-state index in [1.54, 1.807) is 12.4 Å². The Labute approximate surface area is 164 Å². The Morgan fingerprint density at radius 1 is 1.00 bits per heavy atom. The minimum absolute atomic E-state index is 0.237. The van der Waals surface area contributed by atoms with Crippen LogP contribution in [0.1, 0.15) is 22.3 Å². The van der Waals surface area contributed by atoms with E-state index in [9.17, 15) is 9.59 Å². The van der Waals surface area contributed by atoms with Crippen molar-refractivity contribution in [2.45, 2.75) is 20.4 Å². The topological polar surface area (TPSA) is 62.7 Å². The van der Waals surface area contributed by atoms with E-state index in [4.69, 9.17) is 4.74 Å². The molecule has 6 heteroatoms. The van der Waals surface area contributed by atoms with Crippen molar-refractivity contribution in [1.29, 1.82) is 0 Å². The smallest absolute Gasteiger partial charge is 0.278 e. The lowest BCUT2D eigenvalue weighted by atomic mass is 9.97. The van der Waals surface area contributed by atoms with Crippen molar-refractivity contribution < 1.29 is 14.3 Å². The highest BCUT2D eigenvalue weighted by molar-refractivity contribution is 6.35. The summed E-state index contributed by atoms with van der Waals surface area (Å²) in [7, 11) is 0. The van der Waals surface area contributed by atoms with Gasteiger partial charge in [-0.15, -0.1) is 0 Å². The molecule has 2 amide bonds. The summed E-state index contributed by atoms with van der Waals surface area (Å²) in [6, 6.07) is 9.62. The van der Waals surface area contributed by atoms with E-state index >= 15 is 0 Å². The molecule has 0 atom stereocenters. The highest BCUT2D eigenvalue weighted by atomic mass is 16.5. The Bertz CT molecular complexity index is 947. The Morgan fingerprint density at radius 3 is 2.39 bits per heavy atom. The van der Waals surface area contributed by atoms with Crippen molar-refractivity contribution in [2.24, 2.45) is 0 Å². The van der Waals surface area contributed by atoms with Crippen molar-refractivity contribution in [3.05, 3.63) is 70.7 Å². The van der Waals surface area contributed by atoms with E-state index < -0.39 is 0 Å². The fourth-order valence-corrected chi connectivity index (χ4v) is 3.79. The van der Waals surface area contributed by atoms with Gasteiger partial charge >= 0.3 is 0 Å². The Hall–Kier alpha value is -2.99. The van der Waals surface area contributed by atoms with Crippen LogP contribution in [0.2, 0.25) is 0 Å². The molecule has 2 aliphatic heterocycles. The lowest BCUT2D eigenvalue weighted by Crippen LogP contribution is -2.40. The SMILES string of the molecule is Cc1ccc(C2=C(N3CCOCC3)C(=O)N(Cc3ccncc3)C2=O)c(C)c1. The highest BCUT2D eigenvalue weighted by Gasteiger charge is 2.42. The van der Waals surface area contributed by atoms with E-state index in [1.807, 2.05) is 49.1 Å². The van der Waals surface area contributed by atoms with Gasteiger partial charge in [-0.25, -0.2) is 0 Å². The van der Waals surface area contributed by atoms with Crippen LogP contribution >= 0.6 is 0 Å². The first-order chi connectivity index (χ1) is 13.6. The van der Waals surface area contributed by atoms with E-state index in [-0.39, 0.29) is 18.4 Å². The number of morpholine rings is 1. The van der Waals surface area contributed by atoms with Crippen molar-refractivity contribution in [2.75, 3.05) is 26.3 Å². The summed E-state index contributed by atoms with van der Waals surface area (Å²) in [5, 5.41) is 0. The zero-order valence-corrected chi connectivity index (χ0v) is 16.1. The largest absolute Gasteiger partial charge is 0.378 e. The summed E-state index contributed by atoms with van der Waals surface area (Å²) in [5.74, 6) is -0.478. The first kappa shape index (κ1) is 18.4. The van der Waals surface area contributed by atoms with Gasteiger partial charge in [0.2, 0.25) is 0 Å². The third-order valence-electron chi connectivity index (χ3n) is 5.21. The molecule has 1 aromatic carbocycles. The molecule has 0 unspecified atom stereocenters. The van der Waals surface area contributed by atoms with Crippen LogP contribution in [0.5, 0.6) is 0 Å². The summed E-state index contributed by atoms with van der Waals surface area (Å²) in [6.45, 7) is 6.55. The molecule has 1 aromatic heterocycles. The van der Waals surface area contributed by atoms with Crippen LogP contribution < -0.4 is 0 Å². The lowest BCUT2D eigenvalue weighted by Gasteiger charge is -2.29. The quantitative estimate of drug-likeness (QED) is 0.765. The molecule has 2 aliphatic rings. The van der Waals surface area contributed by atoms with E-state index in [2.05, 4.69) is 4.98 Å². The molecule has 1 saturated heterocycles. The van der Waals surface area contributed by atoms with Crippen LogP contribution in [0.25, 0.3) is 5.57 Å². The van der Waals surface area contributed by atoms with Gasteiger partial charge in [-0.1, -0.05) is 23.8 Å². The Balaban J connectivity index is 1.78. The van der Waals surface area contributed by atoms with E-state index in [0.29, 0.717) is 37.6 Å². The lowest BCUT2D eigenvalue weighted by molar-refractivity contribution is -0.138. The maximum Gasteiger partial charge on any atom is 0.278 e. The summed E-state index contributed by atoms with van der Waals surface area (Å²) < 4.78 is 5.44. The van der Waals surface area contributed by atoms with Gasteiger partial charge in [0.1, 0.15) is 5.70 Å². The number of benzene rings is 1. The molecule has 6 nitrogen and oxygen atoms in total. The number of aromatic nitrogens is 1. The van der Waals surface area contributed by atoms with Crippen LogP contribution in [0, 0.1) is 13.8 Å². The average molecular weight is 377 g/mol. The van der Waals surface area contributed by atoms with Crippen LogP contribution in [0.4, 0.5) is 0 Å². The molecule has 144 valence electrons. The molecule has 28 heavy (non-hydrogen) atoms. The zero-order valence-electron chi connectivity index (χ0n) is 16.1. The van der Waals surface area contributed by atoms with E-state index in [1.165, 1.54) is 4.90 Å². The predicted molar refractivity (Wildman–Crippen MR) is 105 cm³/mol. The molecule has 0 N–H and O–H groups in total. The number of imide groups is 1. The van der Waals surface area contributed by atoms with E-state index in [0.717, 1.165) is 22.3 Å². The summed E-state index contributed by atoms with van der Waals surface area (Å²) in [6.07, 6.45) is 3.34. The maximum absolute atomic E-state index is 13.4. The molecule has 1 fully saturated rings. The fraction of sp³-hybridized carbons (Fsp3) is 0.318. The van der Waals surface area contributed by atoms with Crippen LogP contribution in [-0.4, -0.2) is 52.9 Å². The molecule has 0 bridgehead atoms. The predicted octanol–water partition coefficient (Wildman–Crippen LogP) is 2.31. The molecular formula is C22H23N3O3. The maximum atomic E-state index is 13.4.